The summed E-state index contributed by atoms with van der Waals surface area (Å²) < 4.78 is 10.2. The van der Waals surface area contributed by atoms with E-state index in [4.69, 9.17) is 9.47 Å². The lowest BCUT2D eigenvalue weighted by molar-refractivity contribution is -0.384. The van der Waals surface area contributed by atoms with Crippen LogP contribution in [0.25, 0.3) is 0 Å². The van der Waals surface area contributed by atoms with E-state index in [1.807, 2.05) is 0 Å². The lowest BCUT2D eigenvalue weighted by Gasteiger charge is -2.17. The van der Waals surface area contributed by atoms with Crippen molar-refractivity contribution in [1.82, 2.24) is 0 Å². The van der Waals surface area contributed by atoms with E-state index in [2.05, 4.69) is 0 Å². The Morgan fingerprint density at radius 3 is 2.74 bits per heavy atom. The van der Waals surface area contributed by atoms with E-state index in [1.54, 1.807) is 19.9 Å². The van der Waals surface area contributed by atoms with Crippen LogP contribution >= 0.6 is 0 Å². The predicted octanol–water partition coefficient (Wildman–Crippen LogP) is 1.91. The number of benzene rings is 1. The number of amides is 1. The molecule has 0 unspecified atom stereocenters. The lowest BCUT2D eigenvalue weighted by atomic mass is 10.1. The van der Waals surface area contributed by atoms with Crippen LogP contribution in [0.1, 0.15) is 20.3 Å². The van der Waals surface area contributed by atoms with E-state index < -0.39 is 16.8 Å². The van der Waals surface area contributed by atoms with Gasteiger partial charge in [-0.25, -0.2) is 0 Å². The van der Waals surface area contributed by atoms with Crippen molar-refractivity contribution in [3.63, 3.8) is 0 Å². The molecule has 1 aromatic rings. The normalized spacial score (nSPS) is 17.2. The first-order valence-corrected chi connectivity index (χ1v) is 7.36. The molecule has 8 nitrogen and oxygen atoms in total. The van der Waals surface area contributed by atoms with Gasteiger partial charge in [0, 0.05) is 13.0 Å². The number of nitro benzene ring substituents is 1. The van der Waals surface area contributed by atoms with Crippen LogP contribution in [0.4, 0.5) is 11.4 Å². The second kappa shape index (κ2) is 7.08. The smallest absolute Gasteiger partial charge is 0.311 e. The Bertz CT molecular complexity index is 630. The molecule has 0 aromatic heterocycles. The van der Waals surface area contributed by atoms with Gasteiger partial charge < -0.3 is 14.4 Å². The van der Waals surface area contributed by atoms with Gasteiger partial charge in [-0.1, -0.05) is 0 Å². The van der Waals surface area contributed by atoms with E-state index in [0.29, 0.717) is 12.4 Å². The van der Waals surface area contributed by atoms with Gasteiger partial charge >= 0.3 is 5.97 Å². The fourth-order valence-corrected chi connectivity index (χ4v) is 2.49. The van der Waals surface area contributed by atoms with Crippen LogP contribution in [0.15, 0.2) is 18.2 Å². The summed E-state index contributed by atoms with van der Waals surface area (Å²) in [6, 6.07) is 4.31. The van der Waals surface area contributed by atoms with Gasteiger partial charge in [0.05, 0.1) is 30.1 Å². The average Bonchev–Trinajstić information content (AvgIpc) is 2.90. The number of ether oxygens (including phenoxy) is 2. The largest absolute Gasteiger partial charge is 0.494 e. The Morgan fingerprint density at radius 1 is 1.39 bits per heavy atom. The summed E-state index contributed by atoms with van der Waals surface area (Å²) in [6.07, 6.45) is -0.0107. The SMILES string of the molecule is CCOC(=O)[C@@H]1CC(=O)N(c2ccc(OCC)cc2[N+](=O)[O-])C1. The first-order valence-electron chi connectivity index (χ1n) is 7.36. The van der Waals surface area contributed by atoms with Crippen LogP contribution in [0.3, 0.4) is 0 Å². The summed E-state index contributed by atoms with van der Waals surface area (Å²) in [5.74, 6) is -1.04. The Hall–Kier alpha value is -2.64. The molecule has 1 atom stereocenters. The van der Waals surface area contributed by atoms with Gasteiger partial charge in [-0.3, -0.25) is 19.7 Å². The standard InChI is InChI=1S/C15H18N2O6/c1-3-22-11-5-6-12(13(8-11)17(20)21)16-9-10(7-14(16)18)15(19)23-4-2/h5-6,8,10H,3-4,7,9H2,1-2H3/t10-/m1/s1. The number of hydrogen-bond donors (Lipinski definition) is 0. The minimum absolute atomic E-state index is 0.0107. The zero-order valence-electron chi connectivity index (χ0n) is 13.0. The molecule has 1 amide bonds. The number of carbonyl (C=O) groups is 2. The molecule has 1 aromatic carbocycles. The van der Waals surface area contributed by atoms with Crippen LogP contribution in [-0.4, -0.2) is 36.6 Å². The highest BCUT2D eigenvalue weighted by atomic mass is 16.6. The second-order valence-corrected chi connectivity index (χ2v) is 5.00. The molecule has 0 spiro atoms. The van der Waals surface area contributed by atoms with Gasteiger partial charge in [-0.15, -0.1) is 0 Å². The van der Waals surface area contributed by atoms with Crippen molar-refractivity contribution in [2.45, 2.75) is 20.3 Å². The number of esters is 1. The number of hydrogen-bond acceptors (Lipinski definition) is 6. The zero-order valence-corrected chi connectivity index (χ0v) is 13.0. The van der Waals surface area contributed by atoms with Gasteiger partial charge in [0.15, 0.2) is 0 Å². The Morgan fingerprint density at radius 2 is 2.13 bits per heavy atom. The van der Waals surface area contributed by atoms with Crippen LogP contribution < -0.4 is 9.64 Å². The minimum atomic E-state index is -0.603. The zero-order chi connectivity index (χ0) is 17.0. The van der Waals surface area contributed by atoms with Gasteiger partial charge in [0.1, 0.15) is 11.4 Å². The third-order valence-electron chi connectivity index (χ3n) is 3.49. The predicted molar refractivity (Wildman–Crippen MR) is 81.4 cm³/mol. The number of nitrogens with zero attached hydrogens (tertiary/aromatic N) is 2. The summed E-state index contributed by atoms with van der Waals surface area (Å²) in [4.78, 5) is 35.9. The van der Waals surface area contributed by atoms with Crippen LogP contribution in [0, 0.1) is 16.0 Å². The van der Waals surface area contributed by atoms with Crippen molar-refractivity contribution in [3.8, 4) is 5.75 Å². The number of carbonyl (C=O) groups excluding carboxylic acids is 2. The first-order chi connectivity index (χ1) is 11.0. The molecule has 0 saturated carbocycles. The molecule has 1 saturated heterocycles. The topological polar surface area (TPSA) is 99.0 Å². The van der Waals surface area contributed by atoms with Crippen molar-refractivity contribution < 1.29 is 24.0 Å². The summed E-state index contributed by atoms with van der Waals surface area (Å²) in [5.41, 5.74) is -0.0657. The molecular formula is C15H18N2O6. The van der Waals surface area contributed by atoms with Crippen molar-refractivity contribution in [2.24, 2.45) is 5.92 Å². The maximum atomic E-state index is 12.1. The van der Waals surface area contributed by atoms with Crippen LogP contribution in [0.2, 0.25) is 0 Å². The molecule has 0 aliphatic carbocycles. The van der Waals surface area contributed by atoms with E-state index in [9.17, 15) is 19.7 Å². The van der Waals surface area contributed by atoms with Crippen molar-refractivity contribution in [1.29, 1.82) is 0 Å². The highest BCUT2D eigenvalue weighted by Crippen LogP contribution is 2.35. The molecule has 1 heterocycles. The summed E-state index contributed by atoms with van der Waals surface area (Å²) in [6.45, 7) is 4.14. The summed E-state index contributed by atoms with van der Waals surface area (Å²) in [7, 11) is 0. The number of anilines is 1. The van der Waals surface area contributed by atoms with Crippen molar-refractivity contribution in [3.05, 3.63) is 28.3 Å². The third kappa shape index (κ3) is 3.58. The lowest BCUT2D eigenvalue weighted by Crippen LogP contribution is -2.27. The Kier molecular flexibility index (Phi) is 5.15. The van der Waals surface area contributed by atoms with Gasteiger partial charge in [0.25, 0.3) is 5.69 Å². The minimum Gasteiger partial charge on any atom is -0.494 e. The second-order valence-electron chi connectivity index (χ2n) is 5.00. The number of nitro groups is 1. The first kappa shape index (κ1) is 16.7. The van der Waals surface area contributed by atoms with Crippen LogP contribution in [0.5, 0.6) is 5.75 Å². The van der Waals surface area contributed by atoms with Gasteiger partial charge in [-0.2, -0.15) is 0 Å². The molecule has 124 valence electrons. The highest BCUT2D eigenvalue weighted by Gasteiger charge is 2.38. The Balaban J connectivity index is 2.29. The number of rotatable bonds is 6. The van der Waals surface area contributed by atoms with E-state index in [1.165, 1.54) is 17.0 Å². The molecule has 8 heteroatoms. The van der Waals surface area contributed by atoms with Crippen LogP contribution in [-0.2, 0) is 14.3 Å². The monoisotopic (exact) mass is 322 g/mol. The molecule has 0 N–H and O–H groups in total. The molecule has 2 rings (SSSR count). The highest BCUT2D eigenvalue weighted by molar-refractivity contribution is 6.01. The molecule has 0 bridgehead atoms. The molecule has 1 aliphatic heterocycles. The summed E-state index contributed by atoms with van der Waals surface area (Å²) >= 11 is 0. The molecule has 1 aliphatic rings. The fraction of sp³-hybridized carbons (Fsp3) is 0.467. The molecule has 0 radical (unpaired) electrons. The quantitative estimate of drug-likeness (QED) is 0.450. The van der Waals surface area contributed by atoms with Crippen molar-refractivity contribution >= 4 is 23.3 Å². The van der Waals surface area contributed by atoms with E-state index >= 15 is 0 Å². The van der Waals surface area contributed by atoms with Crippen molar-refractivity contribution in [2.75, 3.05) is 24.7 Å². The average molecular weight is 322 g/mol. The maximum absolute atomic E-state index is 12.1. The van der Waals surface area contributed by atoms with E-state index in [-0.39, 0.29) is 36.9 Å². The van der Waals surface area contributed by atoms with E-state index in [0.717, 1.165) is 0 Å². The summed E-state index contributed by atoms with van der Waals surface area (Å²) in [5, 5.41) is 11.3. The third-order valence-corrected chi connectivity index (χ3v) is 3.49. The van der Waals surface area contributed by atoms with Gasteiger partial charge in [-0.05, 0) is 26.0 Å². The van der Waals surface area contributed by atoms with Gasteiger partial charge in [0.2, 0.25) is 5.91 Å². The maximum Gasteiger partial charge on any atom is 0.311 e. The molecule has 23 heavy (non-hydrogen) atoms. The molecule has 1 fully saturated rings. The Labute approximate surface area is 133 Å². The fourth-order valence-electron chi connectivity index (χ4n) is 2.49. The molecular weight excluding hydrogens is 304 g/mol.